The van der Waals surface area contributed by atoms with Crippen LogP contribution in [0.4, 0.5) is 0 Å². The van der Waals surface area contributed by atoms with Gasteiger partial charge in [-0.1, -0.05) is 24.3 Å². The first-order valence-corrected chi connectivity index (χ1v) is 7.69. The van der Waals surface area contributed by atoms with Crippen molar-refractivity contribution in [2.75, 3.05) is 0 Å². The van der Waals surface area contributed by atoms with Gasteiger partial charge in [0.05, 0.1) is 0 Å². The molecule has 0 atom stereocenters. The Kier molecular flexibility index (Phi) is 3.56. The standard InChI is InChI=1S/C19H13BO5/c21-11-5-7-14-17(9-11)25-18-10-12(22)6-8-15(18)19(14)13-3-1-2-4-16(13)20(23)24/h1-10,21,23-24H. The van der Waals surface area contributed by atoms with E-state index >= 15 is 0 Å². The third kappa shape index (κ3) is 2.57. The minimum Gasteiger partial charge on any atom is -0.508 e. The quantitative estimate of drug-likeness (QED) is 0.386. The number of aromatic hydroxyl groups is 1. The summed E-state index contributed by atoms with van der Waals surface area (Å²) >= 11 is 0. The van der Waals surface area contributed by atoms with Gasteiger partial charge in [-0.2, -0.15) is 0 Å². The first-order chi connectivity index (χ1) is 12.0. The molecule has 6 heteroatoms. The van der Waals surface area contributed by atoms with Crippen LogP contribution in [0.15, 0.2) is 69.9 Å². The van der Waals surface area contributed by atoms with Gasteiger partial charge in [0.25, 0.3) is 0 Å². The highest BCUT2D eigenvalue weighted by molar-refractivity contribution is 6.60. The molecule has 0 fully saturated rings. The summed E-state index contributed by atoms with van der Waals surface area (Å²) < 4.78 is 5.79. The molecule has 0 saturated carbocycles. The first kappa shape index (κ1) is 15.4. The largest absolute Gasteiger partial charge is 0.508 e. The second-order valence-corrected chi connectivity index (χ2v) is 5.78. The SMILES string of the molecule is O=c1ccc2c(-c3ccccc3B(O)O)c3ccc(O)cc3oc-2c1. The van der Waals surface area contributed by atoms with Gasteiger partial charge in [-0.25, -0.2) is 0 Å². The van der Waals surface area contributed by atoms with Crippen molar-refractivity contribution in [3.05, 3.63) is 70.9 Å². The van der Waals surface area contributed by atoms with Crippen LogP contribution < -0.4 is 10.9 Å². The summed E-state index contributed by atoms with van der Waals surface area (Å²) in [5.41, 5.74) is 2.54. The molecule has 0 spiro atoms. The number of rotatable bonds is 2. The Balaban J connectivity index is 2.20. The molecule has 2 aliphatic rings. The lowest BCUT2D eigenvalue weighted by Gasteiger charge is -2.17. The molecule has 25 heavy (non-hydrogen) atoms. The highest BCUT2D eigenvalue weighted by Gasteiger charge is 2.23. The molecule has 4 rings (SSSR count). The highest BCUT2D eigenvalue weighted by atomic mass is 16.4. The fourth-order valence-corrected chi connectivity index (χ4v) is 3.10. The van der Waals surface area contributed by atoms with Crippen LogP contribution in [0.1, 0.15) is 0 Å². The van der Waals surface area contributed by atoms with E-state index in [0.717, 1.165) is 0 Å². The molecule has 2 aromatic rings. The van der Waals surface area contributed by atoms with Gasteiger partial charge in [-0.05, 0) is 35.3 Å². The second-order valence-electron chi connectivity index (χ2n) is 5.78. The van der Waals surface area contributed by atoms with E-state index in [9.17, 15) is 19.9 Å². The van der Waals surface area contributed by atoms with Gasteiger partial charge in [-0.3, -0.25) is 4.79 Å². The molecular weight excluding hydrogens is 319 g/mol. The summed E-state index contributed by atoms with van der Waals surface area (Å²) in [5.74, 6) is 0.401. The van der Waals surface area contributed by atoms with Crippen LogP contribution in [-0.2, 0) is 0 Å². The van der Waals surface area contributed by atoms with Crippen LogP contribution in [0, 0.1) is 0 Å². The molecule has 122 valence electrons. The van der Waals surface area contributed by atoms with Crippen molar-refractivity contribution in [3.63, 3.8) is 0 Å². The van der Waals surface area contributed by atoms with E-state index in [4.69, 9.17) is 4.42 Å². The average Bonchev–Trinajstić information content (AvgIpc) is 2.59. The van der Waals surface area contributed by atoms with Gasteiger partial charge >= 0.3 is 7.12 Å². The van der Waals surface area contributed by atoms with Crippen molar-refractivity contribution in [2.24, 2.45) is 0 Å². The Bertz CT molecular complexity index is 1120. The number of fused-ring (bicyclic) bond motifs is 2. The topological polar surface area (TPSA) is 90.9 Å². The van der Waals surface area contributed by atoms with Gasteiger partial charge in [0.15, 0.2) is 5.43 Å². The Morgan fingerprint density at radius 2 is 1.68 bits per heavy atom. The van der Waals surface area contributed by atoms with Gasteiger partial charge in [0, 0.05) is 28.6 Å². The monoisotopic (exact) mass is 332 g/mol. The van der Waals surface area contributed by atoms with Gasteiger partial charge in [-0.15, -0.1) is 0 Å². The van der Waals surface area contributed by atoms with Crippen LogP contribution in [0.25, 0.3) is 33.4 Å². The summed E-state index contributed by atoms with van der Waals surface area (Å²) in [4.78, 5) is 11.7. The number of benzene rings is 3. The molecule has 0 aromatic heterocycles. The zero-order chi connectivity index (χ0) is 17.6. The summed E-state index contributed by atoms with van der Waals surface area (Å²) in [6.07, 6.45) is 0. The molecule has 0 saturated heterocycles. The predicted molar refractivity (Wildman–Crippen MR) is 96.0 cm³/mol. The van der Waals surface area contributed by atoms with Gasteiger partial charge in [0.2, 0.25) is 0 Å². The smallest absolute Gasteiger partial charge is 0.489 e. The van der Waals surface area contributed by atoms with Crippen molar-refractivity contribution < 1.29 is 19.6 Å². The van der Waals surface area contributed by atoms with E-state index in [1.165, 1.54) is 24.3 Å². The molecule has 3 N–H and O–H groups in total. The van der Waals surface area contributed by atoms with Crippen LogP contribution in [0.2, 0.25) is 0 Å². The molecular formula is C19H13BO5. The molecule has 0 amide bonds. The van der Waals surface area contributed by atoms with E-state index in [1.807, 2.05) is 0 Å². The molecule has 1 aliphatic heterocycles. The number of hydrogen-bond acceptors (Lipinski definition) is 5. The fourth-order valence-electron chi connectivity index (χ4n) is 3.10. The van der Waals surface area contributed by atoms with E-state index < -0.39 is 7.12 Å². The third-order valence-corrected chi connectivity index (χ3v) is 4.19. The maximum absolute atomic E-state index is 11.7. The van der Waals surface area contributed by atoms with Gasteiger partial charge < -0.3 is 19.6 Å². The third-order valence-electron chi connectivity index (χ3n) is 4.19. The van der Waals surface area contributed by atoms with Crippen molar-refractivity contribution in [1.29, 1.82) is 0 Å². The Morgan fingerprint density at radius 1 is 0.880 bits per heavy atom. The van der Waals surface area contributed by atoms with E-state index in [0.29, 0.717) is 38.9 Å². The van der Waals surface area contributed by atoms with Crippen molar-refractivity contribution >= 4 is 23.6 Å². The lowest BCUT2D eigenvalue weighted by molar-refractivity contribution is 0.426. The maximum atomic E-state index is 11.7. The van der Waals surface area contributed by atoms with Crippen LogP contribution >= 0.6 is 0 Å². The highest BCUT2D eigenvalue weighted by Crippen LogP contribution is 2.39. The molecule has 1 heterocycles. The second kappa shape index (κ2) is 5.77. The van der Waals surface area contributed by atoms with Gasteiger partial charge in [0.1, 0.15) is 17.1 Å². The van der Waals surface area contributed by atoms with Crippen LogP contribution in [0.5, 0.6) is 5.75 Å². The van der Waals surface area contributed by atoms with E-state index in [2.05, 4.69) is 0 Å². The zero-order valence-corrected chi connectivity index (χ0v) is 13.0. The maximum Gasteiger partial charge on any atom is 0.489 e. The van der Waals surface area contributed by atoms with Crippen molar-refractivity contribution in [3.8, 4) is 28.2 Å². The van der Waals surface area contributed by atoms with Crippen LogP contribution in [0.3, 0.4) is 0 Å². The molecule has 0 unspecified atom stereocenters. The first-order valence-electron chi connectivity index (χ1n) is 7.69. The number of hydrogen-bond donors (Lipinski definition) is 3. The van der Waals surface area contributed by atoms with E-state index in [-0.39, 0.29) is 11.2 Å². The normalized spacial score (nSPS) is 11.1. The molecule has 0 radical (unpaired) electrons. The van der Waals surface area contributed by atoms with E-state index in [1.54, 1.807) is 36.4 Å². The van der Waals surface area contributed by atoms with Crippen molar-refractivity contribution in [1.82, 2.24) is 0 Å². The van der Waals surface area contributed by atoms with Crippen LogP contribution in [-0.4, -0.2) is 22.3 Å². The fraction of sp³-hybridized carbons (Fsp3) is 0. The molecule has 2 aromatic carbocycles. The predicted octanol–water partition coefficient (Wildman–Crippen LogP) is 1.95. The summed E-state index contributed by atoms with van der Waals surface area (Å²) in [7, 11) is -1.64. The lowest BCUT2D eigenvalue weighted by atomic mass is 9.74. The Morgan fingerprint density at radius 3 is 2.48 bits per heavy atom. The Hall–Kier alpha value is -3.09. The Labute approximate surface area is 142 Å². The average molecular weight is 332 g/mol. The summed E-state index contributed by atoms with van der Waals surface area (Å²) in [6, 6.07) is 16.1. The molecule has 0 bridgehead atoms. The number of phenols is 1. The minimum atomic E-state index is -1.64. The minimum absolute atomic E-state index is 0.0373. The summed E-state index contributed by atoms with van der Waals surface area (Å²) in [6.45, 7) is 0. The molecule has 1 aliphatic carbocycles. The lowest BCUT2D eigenvalue weighted by Crippen LogP contribution is -2.31. The number of phenolic OH excluding ortho intramolecular Hbond substituents is 1. The van der Waals surface area contributed by atoms with Crippen molar-refractivity contribution in [2.45, 2.75) is 0 Å². The molecule has 5 nitrogen and oxygen atoms in total. The zero-order valence-electron chi connectivity index (χ0n) is 13.0. The summed E-state index contributed by atoms with van der Waals surface area (Å²) in [5, 5.41) is 29.9.